The highest BCUT2D eigenvalue weighted by Crippen LogP contribution is 2.18. The molecule has 2 aromatic heterocycles. The minimum Gasteiger partial charge on any atom is -0.710 e. The molecule has 1 aromatic carbocycles. The second-order valence-corrected chi connectivity index (χ2v) is 4.88. The quantitative estimate of drug-likeness (QED) is 0.314. The number of rotatable bonds is 3. The van der Waals surface area contributed by atoms with Crippen molar-refractivity contribution in [2.75, 3.05) is 5.32 Å². The number of carbonyl (C=O) groups excluding carboxylic acids is 1. The van der Waals surface area contributed by atoms with Crippen molar-refractivity contribution >= 4 is 28.6 Å². The average Bonchev–Trinajstić information content (AvgIpc) is 3.10. The Hall–Kier alpha value is -4.27. The maximum atomic E-state index is 13.3. The van der Waals surface area contributed by atoms with E-state index in [0.717, 1.165) is 30.3 Å². The predicted octanol–water partition coefficient (Wildman–Crippen LogP) is 0.871. The van der Waals surface area contributed by atoms with E-state index in [0.29, 0.717) is 0 Å². The third kappa shape index (κ3) is 2.59. The number of hydrogen-bond acceptors (Lipinski definition) is 7. The zero-order valence-corrected chi connectivity index (χ0v) is 12.5. The summed E-state index contributed by atoms with van der Waals surface area (Å²) in [5.41, 5.74) is -1.52. The van der Waals surface area contributed by atoms with E-state index in [1.165, 1.54) is 6.07 Å². The summed E-state index contributed by atoms with van der Waals surface area (Å²) in [6.07, 6.45) is 0. The zero-order valence-electron chi connectivity index (χ0n) is 12.5. The monoisotopic (exact) mass is 359 g/mol. The number of halogens is 1. The number of anilines is 1. The molecule has 1 N–H and O–H groups in total. The molecule has 0 atom stereocenters. The molecule has 3 rings (SSSR count). The molecule has 26 heavy (non-hydrogen) atoms. The Morgan fingerprint density at radius 1 is 1.23 bits per heavy atom. The Morgan fingerprint density at radius 2 is 1.96 bits per heavy atom. The molecule has 12 heteroatoms. The molecule has 0 aliphatic rings. The third-order valence-electron chi connectivity index (χ3n) is 3.34. The molecule has 0 spiro atoms. The zero-order chi connectivity index (χ0) is 19.0. The number of hydrogen-bond donors (Lipinski definition) is 1. The van der Waals surface area contributed by atoms with Crippen LogP contribution in [0.3, 0.4) is 0 Å². The van der Waals surface area contributed by atoms with Crippen LogP contribution >= 0.6 is 0 Å². The number of carbonyl (C=O) groups is 1. The Morgan fingerprint density at radius 3 is 2.58 bits per heavy atom. The Balaban J connectivity index is 2.11. The highest BCUT2D eigenvalue weighted by molar-refractivity contribution is 6.02. The van der Waals surface area contributed by atoms with Gasteiger partial charge in [0.2, 0.25) is 11.3 Å². The van der Waals surface area contributed by atoms with Gasteiger partial charge in [0.25, 0.3) is 5.52 Å². The molecule has 0 fully saturated rings. The second-order valence-electron chi connectivity index (χ2n) is 4.88. The lowest BCUT2D eigenvalue weighted by Crippen LogP contribution is -2.44. The van der Waals surface area contributed by atoms with E-state index in [2.05, 4.69) is 4.42 Å². The van der Waals surface area contributed by atoms with Crippen molar-refractivity contribution in [3.63, 3.8) is 0 Å². The van der Waals surface area contributed by atoms with Crippen LogP contribution in [0.4, 0.5) is 16.1 Å². The molecular formula is C14H6FN5O6. The lowest BCUT2D eigenvalue weighted by atomic mass is 10.2. The summed E-state index contributed by atoms with van der Waals surface area (Å²) < 4.78 is 18.0. The van der Waals surface area contributed by atoms with Gasteiger partial charge in [-0.05, 0) is 18.2 Å². The maximum Gasteiger partial charge on any atom is 0.433 e. The van der Waals surface area contributed by atoms with Crippen LogP contribution < -0.4 is 14.8 Å². The van der Waals surface area contributed by atoms with E-state index >= 15 is 0 Å². The van der Waals surface area contributed by atoms with Crippen molar-refractivity contribution in [1.82, 2.24) is 0 Å². The molecule has 3 aromatic rings. The van der Waals surface area contributed by atoms with E-state index in [1.807, 2.05) is 5.32 Å². The third-order valence-corrected chi connectivity index (χ3v) is 3.34. The van der Waals surface area contributed by atoms with Gasteiger partial charge < -0.3 is 14.8 Å². The summed E-state index contributed by atoms with van der Waals surface area (Å²) in [6, 6.07) is 6.04. The minimum atomic E-state index is -1.10. The predicted molar refractivity (Wildman–Crippen MR) is 79.9 cm³/mol. The standard InChI is InChI=1S/C14H6FN5O6/c15-7-1-2-8-9(5-7)18(22)10(6-16)13(19(8)23)17-14(21)11-3-4-12(26-11)20(24)25/h1-5H,(H,17,21). The molecule has 1 amide bonds. The highest BCUT2D eigenvalue weighted by atomic mass is 19.1. The second kappa shape index (κ2) is 5.98. The van der Waals surface area contributed by atoms with Gasteiger partial charge in [0, 0.05) is 0 Å². The van der Waals surface area contributed by atoms with Crippen molar-refractivity contribution in [3.8, 4) is 6.07 Å². The number of aromatic nitrogens is 2. The first-order chi connectivity index (χ1) is 12.3. The van der Waals surface area contributed by atoms with Crippen LogP contribution in [0.1, 0.15) is 16.2 Å². The first-order valence-corrected chi connectivity index (χ1v) is 6.77. The number of fused-ring (bicyclic) bond motifs is 1. The summed E-state index contributed by atoms with van der Waals surface area (Å²) in [7, 11) is 0. The van der Waals surface area contributed by atoms with Gasteiger partial charge in [-0.15, -0.1) is 4.73 Å². The average molecular weight is 359 g/mol. The fourth-order valence-electron chi connectivity index (χ4n) is 2.19. The van der Waals surface area contributed by atoms with Crippen molar-refractivity contribution in [2.45, 2.75) is 0 Å². The smallest absolute Gasteiger partial charge is 0.433 e. The van der Waals surface area contributed by atoms with Crippen LogP contribution in [0.15, 0.2) is 34.7 Å². The number of benzene rings is 1. The highest BCUT2D eigenvalue weighted by Gasteiger charge is 2.31. The Kier molecular flexibility index (Phi) is 3.82. The van der Waals surface area contributed by atoms with Gasteiger partial charge in [0.05, 0.1) is 12.1 Å². The van der Waals surface area contributed by atoms with Gasteiger partial charge in [-0.1, -0.05) is 0 Å². The van der Waals surface area contributed by atoms with E-state index in [9.17, 15) is 29.7 Å². The van der Waals surface area contributed by atoms with Gasteiger partial charge >= 0.3 is 23.3 Å². The summed E-state index contributed by atoms with van der Waals surface area (Å²) in [5.74, 6) is -3.85. The fraction of sp³-hybridized carbons (Fsp3) is 0. The lowest BCUT2D eigenvalue weighted by Gasteiger charge is -2.12. The lowest BCUT2D eigenvalue weighted by molar-refractivity contribution is -0.620. The number of nitro groups is 1. The molecule has 0 aliphatic heterocycles. The molecule has 2 heterocycles. The summed E-state index contributed by atoms with van der Waals surface area (Å²) >= 11 is 0. The van der Waals surface area contributed by atoms with Gasteiger partial charge in [-0.2, -0.15) is 10.6 Å². The largest absolute Gasteiger partial charge is 0.710 e. The summed E-state index contributed by atoms with van der Waals surface area (Å²) in [4.78, 5) is 21.8. The van der Waals surface area contributed by atoms with Crippen LogP contribution in [-0.2, 0) is 0 Å². The molecule has 11 nitrogen and oxygen atoms in total. The van der Waals surface area contributed by atoms with Crippen LogP contribution in [0, 0.1) is 37.7 Å². The van der Waals surface area contributed by atoms with E-state index in [4.69, 9.17) is 5.26 Å². The molecule has 130 valence electrons. The van der Waals surface area contributed by atoms with Crippen LogP contribution in [0.25, 0.3) is 11.0 Å². The Bertz CT molecular complexity index is 1120. The van der Waals surface area contributed by atoms with Crippen molar-refractivity contribution in [1.29, 1.82) is 5.26 Å². The number of nitriles is 1. The van der Waals surface area contributed by atoms with Crippen molar-refractivity contribution < 1.29 is 28.0 Å². The molecule has 0 saturated heterocycles. The molecule has 0 bridgehead atoms. The SMILES string of the molecule is N#Cc1c(NC(=O)c2ccc([N+](=O)[O-])o2)[n+]([O-])c2ccc(F)cc2[n+]1[O-]. The van der Waals surface area contributed by atoms with Gasteiger partial charge in [0.1, 0.15) is 10.7 Å². The number of nitrogens with zero attached hydrogens (tertiary/aromatic N) is 4. The topological polar surface area (TPSA) is 163 Å². The molecule has 0 aliphatic carbocycles. The summed E-state index contributed by atoms with van der Waals surface area (Å²) in [6.45, 7) is 0. The maximum absolute atomic E-state index is 13.3. The molecular weight excluding hydrogens is 353 g/mol. The molecule has 0 unspecified atom stereocenters. The fourth-order valence-corrected chi connectivity index (χ4v) is 2.19. The minimum absolute atomic E-state index is 0.00693. The normalized spacial score (nSPS) is 10.5. The Labute approximate surface area is 142 Å². The number of furan rings is 1. The van der Waals surface area contributed by atoms with Gasteiger partial charge in [-0.25, -0.2) is 13.9 Å². The molecule has 0 radical (unpaired) electrons. The van der Waals surface area contributed by atoms with Crippen LogP contribution in [0.5, 0.6) is 0 Å². The first-order valence-electron chi connectivity index (χ1n) is 6.77. The van der Waals surface area contributed by atoms with Gasteiger partial charge in [0.15, 0.2) is 6.07 Å². The first kappa shape index (κ1) is 16.6. The summed E-state index contributed by atoms with van der Waals surface area (Å²) in [5, 5.41) is 46.3. The number of amides is 1. The van der Waals surface area contributed by atoms with Gasteiger partial charge in [-0.3, -0.25) is 10.1 Å². The van der Waals surface area contributed by atoms with Crippen LogP contribution in [-0.4, -0.2) is 10.8 Å². The van der Waals surface area contributed by atoms with E-state index in [-0.39, 0.29) is 15.0 Å². The van der Waals surface area contributed by atoms with E-state index < -0.39 is 45.3 Å². The van der Waals surface area contributed by atoms with E-state index in [1.54, 1.807) is 0 Å². The van der Waals surface area contributed by atoms with Crippen molar-refractivity contribution in [3.05, 3.63) is 68.1 Å². The molecule has 0 saturated carbocycles. The number of nitrogens with one attached hydrogen (secondary N) is 1. The van der Waals surface area contributed by atoms with Crippen molar-refractivity contribution in [2.24, 2.45) is 0 Å². The van der Waals surface area contributed by atoms with Crippen LogP contribution in [0.2, 0.25) is 0 Å².